The molecule has 0 bridgehead atoms. The fraction of sp³-hybridized carbons (Fsp3) is 0.357. The van der Waals surface area contributed by atoms with Gasteiger partial charge in [-0.1, -0.05) is 12.1 Å². The Bertz CT molecular complexity index is 609. The largest absolute Gasteiger partial charge is 0.481 e. The first-order valence-corrected chi connectivity index (χ1v) is 6.40. The molecule has 0 spiro atoms. The van der Waals surface area contributed by atoms with E-state index in [4.69, 9.17) is 15.1 Å². The van der Waals surface area contributed by atoms with Crippen molar-refractivity contribution in [2.45, 2.75) is 13.0 Å². The summed E-state index contributed by atoms with van der Waals surface area (Å²) in [7, 11) is 0. The minimum atomic E-state index is -1.01. The lowest BCUT2D eigenvalue weighted by Crippen LogP contribution is -2.44. The Balaban J connectivity index is 2.04. The maximum absolute atomic E-state index is 11.9. The molecule has 0 radical (unpaired) electrons. The maximum atomic E-state index is 11.9. The van der Waals surface area contributed by atoms with Crippen LogP contribution in [0.4, 0.5) is 10.5 Å². The number of nitriles is 1. The summed E-state index contributed by atoms with van der Waals surface area (Å²) in [5, 5.41) is 23.2. The van der Waals surface area contributed by atoms with Crippen LogP contribution in [0, 0.1) is 24.2 Å². The highest BCUT2D eigenvalue weighted by molar-refractivity contribution is 5.91. The Kier molecular flexibility index (Phi) is 4.40. The van der Waals surface area contributed by atoms with Crippen LogP contribution in [0.15, 0.2) is 18.2 Å². The number of ether oxygens (including phenoxy) is 1. The Labute approximate surface area is 121 Å². The summed E-state index contributed by atoms with van der Waals surface area (Å²) in [5.41, 5.74) is 1.52. The summed E-state index contributed by atoms with van der Waals surface area (Å²) < 4.78 is 5.07. The molecule has 1 fully saturated rings. The number of anilines is 1. The number of amides is 2. The van der Waals surface area contributed by atoms with Gasteiger partial charge < -0.3 is 20.5 Å². The predicted molar refractivity (Wildman–Crippen MR) is 73.8 cm³/mol. The topological polar surface area (TPSA) is 111 Å². The zero-order valence-corrected chi connectivity index (χ0v) is 11.4. The molecule has 0 aliphatic carbocycles. The highest BCUT2D eigenvalue weighted by Gasteiger charge is 2.35. The summed E-state index contributed by atoms with van der Waals surface area (Å²) in [6.45, 7) is 2.00. The van der Waals surface area contributed by atoms with E-state index in [0.717, 1.165) is 5.56 Å². The van der Waals surface area contributed by atoms with Gasteiger partial charge >= 0.3 is 12.0 Å². The SMILES string of the molecule is Cc1cccc(NC(=O)NC2COCC2C(=O)O)c1C#N. The second-order valence-corrected chi connectivity index (χ2v) is 4.80. The molecule has 1 aliphatic rings. The van der Waals surface area contributed by atoms with Crippen LogP contribution in [0.3, 0.4) is 0 Å². The molecule has 1 aromatic rings. The van der Waals surface area contributed by atoms with E-state index in [-0.39, 0.29) is 13.2 Å². The normalized spacial score (nSPS) is 20.6. The summed E-state index contributed by atoms with van der Waals surface area (Å²) in [4.78, 5) is 22.9. The first-order valence-electron chi connectivity index (χ1n) is 6.40. The van der Waals surface area contributed by atoms with E-state index in [2.05, 4.69) is 10.6 Å². The van der Waals surface area contributed by atoms with Crippen molar-refractivity contribution < 1.29 is 19.4 Å². The van der Waals surface area contributed by atoms with E-state index in [0.29, 0.717) is 11.3 Å². The average molecular weight is 289 g/mol. The number of carboxylic acids is 1. The van der Waals surface area contributed by atoms with Crippen molar-refractivity contribution in [2.75, 3.05) is 18.5 Å². The van der Waals surface area contributed by atoms with Crippen LogP contribution in [-0.2, 0) is 9.53 Å². The summed E-state index contributed by atoms with van der Waals surface area (Å²) in [6.07, 6.45) is 0. The Morgan fingerprint density at radius 2 is 2.19 bits per heavy atom. The van der Waals surface area contributed by atoms with E-state index in [9.17, 15) is 9.59 Å². The molecule has 110 valence electrons. The molecule has 1 aromatic carbocycles. The van der Waals surface area contributed by atoms with Crippen molar-refractivity contribution in [2.24, 2.45) is 5.92 Å². The van der Waals surface area contributed by atoms with Gasteiger partial charge in [-0.15, -0.1) is 0 Å². The van der Waals surface area contributed by atoms with Gasteiger partial charge in [-0.3, -0.25) is 4.79 Å². The first-order chi connectivity index (χ1) is 10.0. The molecule has 3 N–H and O–H groups in total. The van der Waals surface area contributed by atoms with Gasteiger partial charge in [0.15, 0.2) is 0 Å². The van der Waals surface area contributed by atoms with Gasteiger partial charge in [-0.25, -0.2) is 4.79 Å². The lowest BCUT2D eigenvalue weighted by molar-refractivity contribution is -0.142. The molecule has 21 heavy (non-hydrogen) atoms. The molecule has 0 aromatic heterocycles. The highest BCUT2D eigenvalue weighted by Crippen LogP contribution is 2.19. The van der Waals surface area contributed by atoms with E-state index in [1.807, 2.05) is 6.07 Å². The molecule has 7 nitrogen and oxygen atoms in total. The van der Waals surface area contributed by atoms with Crippen LogP contribution in [0.25, 0.3) is 0 Å². The number of rotatable bonds is 3. The minimum absolute atomic E-state index is 0.0776. The third kappa shape index (κ3) is 3.30. The number of carbonyl (C=O) groups excluding carboxylic acids is 1. The summed E-state index contributed by atoms with van der Waals surface area (Å²) in [5.74, 6) is -1.77. The van der Waals surface area contributed by atoms with E-state index >= 15 is 0 Å². The lowest BCUT2D eigenvalue weighted by atomic mass is 10.0. The van der Waals surface area contributed by atoms with Crippen molar-refractivity contribution in [1.29, 1.82) is 5.26 Å². The van der Waals surface area contributed by atoms with E-state index in [1.54, 1.807) is 25.1 Å². The number of nitrogens with one attached hydrogen (secondary N) is 2. The molecule has 2 rings (SSSR count). The number of hydrogen-bond donors (Lipinski definition) is 3. The van der Waals surface area contributed by atoms with Gasteiger partial charge in [-0.05, 0) is 18.6 Å². The summed E-state index contributed by atoms with van der Waals surface area (Å²) in [6, 6.07) is 6.00. The highest BCUT2D eigenvalue weighted by atomic mass is 16.5. The van der Waals surface area contributed by atoms with Crippen LogP contribution in [-0.4, -0.2) is 36.4 Å². The van der Waals surface area contributed by atoms with E-state index < -0.39 is 24.0 Å². The van der Waals surface area contributed by atoms with Crippen LogP contribution in [0.5, 0.6) is 0 Å². The molecule has 7 heteroatoms. The van der Waals surface area contributed by atoms with Crippen molar-refractivity contribution in [1.82, 2.24) is 5.32 Å². The number of urea groups is 1. The van der Waals surface area contributed by atoms with Crippen molar-refractivity contribution >= 4 is 17.7 Å². The second-order valence-electron chi connectivity index (χ2n) is 4.80. The quantitative estimate of drug-likeness (QED) is 0.771. The fourth-order valence-electron chi connectivity index (χ4n) is 2.19. The maximum Gasteiger partial charge on any atom is 0.319 e. The molecule has 1 saturated heterocycles. The molecule has 0 saturated carbocycles. The van der Waals surface area contributed by atoms with Crippen molar-refractivity contribution in [3.8, 4) is 6.07 Å². The number of aryl methyl sites for hydroxylation is 1. The molecule has 2 atom stereocenters. The lowest BCUT2D eigenvalue weighted by Gasteiger charge is -2.16. The number of hydrogen-bond acceptors (Lipinski definition) is 4. The molecule has 2 amide bonds. The molecule has 1 aliphatic heterocycles. The van der Waals surface area contributed by atoms with Gasteiger partial charge in [0.2, 0.25) is 0 Å². The molecular formula is C14H15N3O4. The minimum Gasteiger partial charge on any atom is -0.481 e. The van der Waals surface area contributed by atoms with Crippen LogP contribution in [0.2, 0.25) is 0 Å². The van der Waals surface area contributed by atoms with Gasteiger partial charge in [0.1, 0.15) is 12.0 Å². The number of nitrogens with zero attached hydrogens (tertiary/aromatic N) is 1. The second kappa shape index (κ2) is 6.24. The summed E-state index contributed by atoms with van der Waals surface area (Å²) >= 11 is 0. The van der Waals surface area contributed by atoms with Gasteiger partial charge in [0.05, 0.1) is 30.5 Å². The molecule has 1 heterocycles. The Morgan fingerprint density at radius 1 is 1.43 bits per heavy atom. The zero-order chi connectivity index (χ0) is 15.4. The molecule has 2 unspecified atom stereocenters. The van der Waals surface area contributed by atoms with E-state index in [1.165, 1.54) is 0 Å². The third-order valence-corrected chi connectivity index (χ3v) is 3.35. The van der Waals surface area contributed by atoms with Crippen molar-refractivity contribution in [3.63, 3.8) is 0 Å². The Morgan fingerprint density at radius 3 is 2.86 bits per heavy atom. The smallest absolute Gasteiger partial charge is 0.319 e. The number of aliphatic carboxylic acids is 1. The monoisotopic (exact) mass is 289 g/mol. The zero-order valence-electron chi connectivity index (χ0n) is 11.4. The predicted octanol–water partition coefficient (Wildman–Crippen LogP) is 1.09. The average Bonchev–Trinajstić information content (AvgIpc) is 2.87. The fourth-order valence-corrected chi connectivity index (χ4v) is 2.19. The first kappa shape index (κ1) is 14.8. The van der Waals surface area contributed by atoms with Gasteiger partial charge in [-0.2, -0.15) is 5.26 Å². The number of carbonyl (C=O) groups is 2. The number of benzene rings is 1. The Hall–Kier alpha value is -2.59. The standard InChI is InChI=1S/C14H15N3O4/c1-8-3-2-4-11(9(8)5-15)16-14(20)17-12-7-21-6-10(12)13(18)19/h2-4,10,12H,6-7H2,1H3,(H,18,19)(H2,16,17,20). The van der Waals surface area contributed by atoms with Gasteiger partial charge in [0, 0.05) is 0 Å². The van der Waals surface area contributed by atoms with Crippen molar-refractivity contribution in [3.05, 3.63) is 29.3 Å². The van der Waals surface area contributed by atoms with Crippen LogP contribution < -0.4 is 10.6 Å². The van der Waals surface area contributed by atoms with Crippen LogP contribution >= 0.6 is 0 Å². The molecular weight excluding hydrogens is 274 g/mol. The van der Waals surface area contributed by atoms with Gasteiger partial charge in [0.25, 0.3) is 0 Å². The van der Waals surface area contributed by atoms with Crippen LogP contribution in [0.1, 0.15) is 11.1 Å². The third-order valence-electron chi connectivity index (χ3n) is 3.35. The number of carboxylic acid groups (broad SMARTS) is 1.